The van der Waals surface area contributed by atoms with Gasteiger partial charge in [-0.15, -0.1) is 0 Å². The molecule has 1 heterocycles. The summed E-state index contributed by atoms with van der Waals surface area (Å²) in [5.74, 6) is 0.948. The number of benzene rings is 1. The van der Waals surface area contributed by atoms with Gasteiger partial charge in [0.2, 0.25) is 16.0 Å². The van der Waals surface area contributed by atoms with E-state index in [2.05, 4.69) is 48.2 Å². The smallest absolute Gasteiger partial charge is 0.240 e. The van der Waals surface area contributed by atoms with Crippen LogP contribution >= 0.6 is 15.9 Å². The molecule has 1 saturated carbocycles. The Morgan fingerprint density at radius 2 is 2.00 bits per heavy atom. The molecule has 1 atom stereocenters. The molecule has 1 aromatic carbocycles. The minimum atomic E-state index is -3.47. The summed E-state index contributed by atoms with van der Waals surface area (Å²) in [6, 6.07) is 6.43. The van der Waals surface area contributed by atoms with E-state index in [-0.39, 0.29) is 23.6 Å². The molecule has 0 saturated heterocycles. The van der Waals surface area contributed by atoms with Crippen LogP contribution in [0.4, 0.5) is 17.5 Å². The largest absolute Gasteiger partial charge is 0.394 e. The maximum absolute atomic E-state index is 12.2. The van der Waals surface area contributed by atoms with Gasteiger partial charge in [-0.25, -0.2) is 18.1 Å². The van der Waals surface area contributed by atoms with E-state index in [9.17, 15) is 13.5 Å². The molecule has 1 aliphatic rings. The molecule has 0 radical (unpaired) electrons. The molecule has 2 aromatic rings. The molecule has 0 aliphatic heterocycles. The Labute approximate surface area is 173 Å². The monoisotopic (exact) mass is 469 g/mol. The van der Waals surface area contributed by atoms with Gasteiger partial charge < -0.3 is 15.7 Å². The zero-order chi connectivity index (χ0) is 20.1. The number of nitrogens with zero attached hydrogens (tertiary/aromatic N) is 2. The van der Waals surface area contributed by atoms with E-state index in [1.54, 1.807) is 30.5 Å². The predicted octanol–water partition coefficient (Wildman–Crippen LogP) is 3.00. The van der Waals surface area contributed by atoms with Gasteiger partial charge in [-0.1, -0.05) is 13.3 Å². The van der Waals surface area contributed by atoms with E-state index in [4.69, 9.17) is 0 Å². The van der Waals surface area contributed by atoms with Crippen molar-refractivity contribution in [2.24, 2.45) is 0 Å². The minimum Gasteiger partial charge on any atom is -0.394 e. The summed E-state index contributed by atoms with van der Waals surface area (Å²) in [6.07, 6.45) is 5.17. The Morgan fingerprint density at radius 3 is 2.61 bits per heavy atom. The molecule has 1 aliphatic carbocycles. The van der Waals surface area contributed by atoms with E-state index in [1.807, 2.05) is 0 Å². The van der Waals surface area contributed by atoms with Gasteiger partial charge in [0, 0.05) is 17.9 Å². The summed E-state index contributed by atoms with van der Waals surface area (Å²) in [6.45, 7) is 2.06. The lowest BCUT2D eigenvalue weighted by Gasteiger charge is -2.17. The maximum Gasteiger partial charge on any atom is 0.240 e. The van der Waals surface area contributed by atoms with E-state index < -0.39 is 10.0 Å². The quantitative estimate of drug-likeness (QED) is 0.422. The first kappa shape index (κ1) is 21.0. The molecule has 152 valence electrons. The number of hydrogen-bond donors (Lipinski definition) is 4. The number of aliphatic hydroxyl groups excluding tert-OH is 1. The van der Waals surface area contributed by atoms with Crippen LogP contribution in [0.5, 0.6) is 0 Å². The Kier molecular flexibility index (Phi) is 6.86. The molecule has 8 nitrogen and oxygen atoms in total. The van der Waals surface area contributed by atoms with Crippen LogP contribution in [0, 0.1) is 0 Å². The van der Waals surface area contributed by atoms with Gasteiger partial charge in [0.25, 0.3) is 0 Å². The Bertz CT molecular complexity index is 904. The van der Waals surface area contributed by atoms with E-state index in [0.29, 0.717) is 21.9 Å². The highest BCUT2D eigenvalue weighted by atomic mass is 79.9. The SMILES string of the molecule is CCC[C@H](CO)Nc1nc(Nc2ccc(S(=O)(=O)NC3CC3)cc2)ncc1Br. The Hall–Kier alpha value is -1.75. The third-order valence-corrected chi connectivity index (χ3v) is 6.38. The summed E-state index contributed by atoms with van der Waals surface area (Å²) in [4.78, 5) is 8.90. The molecule has 4 N–H and O–H groups in total. The van der Waals surface area contributed by atoms with Crippen LogP contribution in [-0.2, 0) is 10.0 Å². The lowest BCUT2D eigenvalue weighted by Crippen LogP contribution is -2.25. The first-order chi connectivity index (χ1) is 13.4. The van der Waals surface area contributed by atoms with Crippen molar-refractivity contribution in [2.45, 2.75) is 49.6 Å². The van der Waals surface area contributed by atoms with Crippen molar-refractivity contribution in [3.05, 3.63) is 34.9 Å². The summed E-state index contributed by atoms with van der Waals surface area (Å²) in [7, 11) is -3.47. The van der Waals surface area contributed by atoms with Gasteiger partial charge in [0.1, 0.15) is 5.82 Å². The fourth-order valence-corrected chi connectivity index (χ4v) is 4.23. The molecule has 0 amide bonds. The number of rotatable bonds is 10. The summed E-state index contributed by atoms with van der Waals surface area (Å²) >= 11 is 3.41. The number of nitrogens with one attached hydrogen (secondary N) is 3. The topological polar surface area (TPSA) is 116 Å². The van der Waals surface area contributed by atoms with Crippen LogP contribution in [-0.4, -0.2) is 42.2 Å². The second-order valence-corrected chi connectivity index (χ2v) is 9.32. The first-order valence-electron chi connectivity index (χ1n) is 9.20. The zero-order valence-corrected chi connectivity index (χ0v) is 17.9. The fourth-order valence-electron chi connectivity index (χ4n) is 2.61. The summed E-state index contributed by atoms with van der Waals surface area (Å²) < 4.78 is 27.8. The average molecular weight is 470 g/mol. The van der Waals surface area contributed by atoms with Gasteiger partial charge in [0.15, 0.2) is 0 Å². The fraction of sp³-hybridized carbons (Fsp3) is 0.444. The third kappa shape index (κ3) is 5.63. The first-order valence-corrected chi connectivity index (χ1v) is 11.5. The highest BCUT2D eigenvalue weighted by molar-refractivity contribution is 9.10. The third-order valence-electron chi connectivity index (χ3n) is 4.26. The van der Waals surface area contributed by atoms with Gasteiger partial charge in [-0.2, -0.15) is 4.98 Å². The van der Waals surface area contributed by atoms with Crippen molar-refractivity contribution < 1.29 is 13.5 Å². The Balaban J connectivity index is 1.70. The second kappa shape index (κ2) is 9.17. The molecule has 0 unspecified atom stereocenters. The molecular weight excluding hydrogens is 446 g/mol. The number of anilines is 3. The summed E-state index contributed by atoms with van der Waals surface area (Å²) in [5.41, 5.74) is 0.672. The van der Waals surface area contributed by atoms with E-state index >= 15 is 0 Å². The predicted molar refractivity (Wildman–Crippen MR) is 112 cm³/mol. The van der Waals surface area contributed by atoms with Crippen LogP contribution < -0.4 is 15.4 Å². The van der Waals surface area contributed by atoms with Crippen molar-refractivity contribution in [3.8, 4) is 0 Å². The number of aliphatic hydroxyl groups is 1. The van der Waals surface area contributed by atoms with Crippen LogP contribution in [0.2, 0.25) is 0 Å². The molecule has 10 heteroatoms. The molecule has 28 heavy (non-hydrogen) atoms. The van der Waals surface area contributed by atoms with Gasteiger partial charge in [-0.3, -0.25) is 0 Å². The zero-order valence-electron chi connectivity index (χ0n) is 15.5. The molecule has 1 aromatic heterocycles. The Morgan fingerprint density at radius 1 is 1.29 bits per heavy atom. The molecular formula is C18H24BrN5O3S. The van der Waals surface area contributed by atoms with E-state index in [0.717, 1.165) is 25.7 Å². The minimum absolute atomic E-state index is 0.0118. The average Bonchev–Trinajstić information content (AvgIpc) is 3.47. The van der Waals surface area contributed by atoms with Gasteiger partial charge in [-0.05, 0) is 59.5 Å². The number of hydrogen-bond acceptors (Lipinski definition) is 7. The van der Waals surface area contributed by atoms with Gasteiger partial charge >= 0.3 is 0 Å². The van der Waals surface area contributed by atoms with Crippen LogP contribution in [0.1, 0.15) is 32.6 Å². The normalized spacial score (nSPS) is 15.2. The van der Waals surface area contributed by atoms with E-state index in [1.165, 1.54) is 0 Å². The molecule has 3 rings (SSSR count). The van der Waals surface area contributed by atoms with Crippen LogP contribution in [0.15, 0.2) is 39.8 Å². The molecule has 0 bridgehead atoms. The van der Waals surface area contributed by atoms with Crippen LogP contribution in [0.25, 0.3) is 0 Å². The second-order valence-electron chi connectivity index (χ2n) is 6.75. The van der Waals surface area contributed by atoms with Crippen molar-refractivity contribution in [1.82, 2.24) is 14.7 Å². The van der Waals surface area contributed by atoms with Gasteiger partial charge in [0.05, 0.1) is 22.0 Å². The standard InChI is InChI=1S/C18H24BrN5O3S/c1-2-3-14(11-25)21-17-16(19)10-20-18(23-17)22-12-6-8-15(9-7-12)28(26,27)24-13-4-5-13/h6-10,13-14,24-25H,2-5,11H2,1H3,(H2,20,21,22,23)/t14-/m1/s1. The lowest BCUT2D eigenvalue weighted by atomic mass is 10.2. The van der Waals surface area contributed by atoms with Crippen molar-refractivity contribution in [3.63, 3.8) is 0 Å². The highest BCUT2D eigenvalue weighted by Crippen LogP contribution is 2.25. The van der Waals surface area contributed by atoms with Crippen molar-refractivity contribution in [2.75, 3.05) is 17.2 Å². The lowest BCUT2D eigenvalue weighted by molar-refractivity contribution is 0.268. The summed E-state index contributed by atoms with van der Waals surface area (Å²) in [5, 5.41) is 15.7. The number of halogens is 1. The molecule has 1 fully saturated rings. The number of aromatic nitrogens is 2. The highest BCUT2D eigenvalue weighted by Gasteiger charge is 2.27. The maximum atomic E-state index is 12.2. The number of sulfonamides is 1. The van der Waals surface area contributed by atoms with Crippen molar-refractivity contribution in [1.29, 1.82) is 0 Å². The van der Waals surface area contributed by atoms with Crippen molar-refractivity contribution >= 4 is 43.4 Å². The molecule has 0 spiro atoms. The van der Waals surface area contributed by atoms with Crippen LogP contribution in [0.3, 0.4) is 0 Å².